The van der Waals surface area contributed by atoms with Crippen molar-refractivity contribution in [2.75, 3.05) is 14.2 Å². The van der Waals surface area contributed by atoms with Crippen molar-refractivity contribution in [2.45, 2.75) is 78.0 Å². The molecule has 0 heterocycles. The Morgan fingerprint density at radius 1 is 0.951 bits per heavy atom. The zero-order valence-corrected chi connectivity index (χ0v) is 26.3. The maximum atomic E-state index is 14.1. The minimum absolute atomic E-state index is 0.000955. The summed E-state index contributed by atoms with van der Waals surface area (Å²) in [5.41, 5.74) is 2.55. The zero-order valence-electron chi connectivity index (χ0n) is 25.3. The second kappa shape index (κ2) is 11.1. The molecule has 2 atom stereocenters. The number of aryl methyl sites for hydroxylation is 1. The highest BCUT2D eigenvalue weighted by molar-refractivity contribution is 6.74. The molecule has 0 unspecified atom stereocenters. The van der Waals surface area contributed by atoms with E-state index in [1.165, 1.54) is 7.11 Å². The lowest BCUT2D eigenvalue weighted by molar-refractivity contribution is -0.000519. The number of hydrogen-bond acceptors (Lipinski definition) is 8. The molecule has 1 aliphatic carbocycles. The van der Waals surface area contributed by atoms with Crippen LogP contribution in [0.5, 0.6) is 23.0 Å². The van der Waals surface area contributed by atoms with Crippen molar-refractivity contribution in [3.05, 3.63) is 57.6 Å². The van der Waals surface area contributed by atoms with Crippen molar-refractivity contribution >= 4 is 31.2 Å². The lowest BCUT2D eigenvalue weighted by Gasteiger charge is -2.41. The molecule has 0 aliphatic heterocycles. The van der Waals surface area contributed by atoms with E-state index in [1.54, 1.807) is 21.0 Å². The van der Waals surface area contributed by atoms with Crippen LogP contribution in [0.15, 0.2) is 24.3 Å². The molecule has 0 fully saturated rings. The highest BCUT2D eigenvalue weighted by atomic mass is 28.4. The van der Waals surface area contributed by atoms with Gasteiger partial charge in [0.15, 0.2) is 20.4 Å². The molecule has 0 spiro atoms. The Morgan fingerprint density at radius 2 is 1.59 bits per heavy atom. The molecule has 0 saturated heterocycles. The van der Waals surface area contributed by atoms with Gasteiger partial charge in [-0.3, -0.25) is 9.59 Å². The predicted octanol–water partition coefficient (Wildman–Crippen LogP) is 6.93. The van der Waals surface area contributed by atoms with Crippen LogP contribution >= 0.6 is 0 Å². The zero-order chi connectivity index (χ0) is 30.4. The number of phenols is 2. The number of rotatable bonds is 8. The van der Waals surface area contributed by atoms with E-state index in [1.807, 2.05) is 24.3 Å². The summed E-state index contributed by atoms with van der Waals surface area (Å²) < 4.78 is 24.2. The Balaban J connectivity index is 1.95. The van der Waals surface area contributed by atoms with Crippen molar-refractivity contribution in [2.24, 2.45) is 0 Å². The van der Waals surface area contributed by atoms with Gasteiger partial charge in [0.1, 0.15) is 29.1 Å². The Hall–Kier alpha value is -3.40. The average Bonchev–Trinajstić information content (AvgIpc) is 2.92. The third-order valence-corrected chi connectivity index (χ3v) is 13.2. The number of carbonyl (C=O) groups excluding carboxylic acids is 2. The largest absolute Gasteiger partial charge is 0.506 e. The van der Waals surface area contributed by atoms with Gasteiger partial charge in [-0.15, -0.1) is 0 Å². The molecule has 0 saturated carbocycles. The number of hydrogen-bond donors (Lipinski definition) is 2. The summed E-state index contributed by atoms with van der Waals surface area (Å²) in [6.45, 7) is 14.2. The van der Waals surface area contributed by atoms with E-state index >= 15 is 0 Å². The molecule has 2 N–H and O–H groups in total. The third kappa shape index (κ3) is 5.22. The molecule has 0 aromatic heterocycles. The molecule has 220 valence electrons. The molecule has 4 rings (SSSR count). The summed E-state index contributed by atoms with van der Waals surface area (Å²) in [5, 5.41) is 23.1. The summed E-state index contributed by atoms with van der Waals surface area (Å²) >= 11 is 0. The summed E-state index contributed by atoms with van der Waals surface area (Å²) in [7, 11) is 0.668. The first-order valence-corrected chi connectivity index (χ1v) is 16.6. The van der Waals surface area contributed by atoms with Crippen LogP contribution in [0.25, 0.3) is 10.8 Å². The normalized spacial score (nSPS) is 17.4. The first-order valence-electron chi connectivity index (χ1n) is 13.7. The van der Waals surface area contributed by atoms with Gasteiger partial charge in [0, 0.05) is 17.4 Å². The van der Waals surface area contributed by atoms with Gasteiger partial charge in [-0.2, -0.15) is 0 Å². The smallest absolute Gasteiger partial charge is 0.194 e. The van der Waals surface area contributed by atoms with E-state index in [0.29, 0.717) is 34.1 Å². The van der Waals surface area contributed by atoms with Crippen molar-refractivity contribution in [3.63, 3.8) is 0 Å². The predicted molar refractivity (Wildman–Crippen MR) is 160 cm³/mol. The van der Waals surface area contributed by atoms with Crippen molar-refractivity contribution in [1.29, 1.82) is 0 Å². The van der Waals surface area contributed by atoms with Crippen LogP contribution in [0.3, 0.4) is 0 Å². The van der Waals surface area contributed by atoms with Crippen molar-refractivity contribution in [1.82, 2.24) is 0 Å². The lowest BCUT2D eigenvalue weighted by atomic mass is 9.81. The molecule has 9 heteroatoms. The molecule has 0 amide bonds. The molecule has 0 bridgehead atoms. The van der Waals surface area contributed by atoms with Gasteiger partial charge in [0.05, 0.1) is 43.4 Å². The number of benzene rings is 3. The maximum Gasteiger partial charge on any atom is 0.194 e. The Bertz CT molecular complexity index is 1500. The minimum atomic E-state index is -2.42. The molecule has 41 heavy (non-hydrogen) atoms. The minimum Gasteiger partial charge on any atom is -0.506 e. The number of phenolic OH excluding ortho intramolecular Hbond substituents is 2. The third-order valence-electron chi connectivity index (χ3n) is 8.76. The Morgan fingerprint density at radius 3 is 2.12 bits per heavy atom. The number of carbonyl (C=O) groups is 2. The average molecular weight is 581 g/mol. The first-order chi connectivity index (χ1) is 19.2. The van der Waals surface area contributed by atoms with Gasteiger partial charge in [-0.1, -0.05) is 32.9 Å². The molecule has 3 aromatic carbocycles. The Labute approximate surface area is 242 Å². The molecule has 3 aromatic rings. The SMILES string of the molecule is COc1ccc(CO[C@H]2C[C@H](O[Si](C)(C)C(C)(C)C)C(=O)c3c2c(OC)c2c(C)c(C)c(C=O)c(O)c2c3O)cc1. The Kier molecular flexibility index (Phi) is 8.28. The molecular formula is C32H40O8Si. The summed E-state index contributed by atoms with van der Waals surface area (Å²) in [6, 6.07) is 7.50. The van der Waals surface area contributed by atoms with E-state index in [4.69, 9.17) is 18.6 Å². The van der Waals surface area contributed by atoms with E-state index in [9.17, 15) is 19.8 Å². The second-order valence-electron chi connectivity index (χ2n) is 12.2. The summed E-state index contributed by atoms with van der Waals surface area (Å²) in [4.78, 5) is 26.0. The molecule has 1 aliphatic rings. The number of ketones is 1. The summed E-state index contributed by atoms with van der Waals surface area (Å²) in [6.07, 6.45) is -0.769. The van der Waals surface area contributed by atoms with Crippen LogP contribution in [-0.4, -0.2) is 50.9 Å². The second-order valence-corrected chi connectivity index (χ2v) is 16.9. The van der Waals surface area contributed by atoms with Crippen LogP contribution in [0.1, 0.15) is 76.3 Å². The van der Waals surface area contributed by atoms with Crippen LogP contribution in [0, 0.1) is 13.8 Å². The van der Waals surface area contributed by atoms with Gasteiger partial charge in [0.25, 0.3) is 0 Å². The first kappa shape index (κ1) is 30.6. The fourth-order valence-electron chi connectivity index (χ4n) is 5.22. The van der Waals surface area contributed by atoms with Gasteiger partial charge < -0.3 is 28.8 Å². The van der Waals surface area contributed by atoms with Gasteiger partial charge in [-0.25, -0.2) is 0 Å². The van der Waals surface area contributed by atoms with E-state index < -0.39 is 37.8 Å². The number of ether oxygens (including phenoxy) is 3. The molecule has 8 nitrogen and oxygen atoms in total. The highest BCUT2D eigenvalue weighted by Crippen LogP contribution is 2.53. The van der Waals surface area contributed by atoms with Crippen molar-refractivity contribution < 1.29 is 38.4 Å². The topological polar surface area (TPSA) is 112 Å². The molecule has 0 radical (unpaired) electrons. The summed E-state index contributed by atoms with van der Waals surface area (Å²) in [5.74, 6) is -0.167. The van der Waals surface area contributed by atoms with Crippen LogP contribution in [0.2, 0.25) is 18.1 Å². The van der Waals surface area contributed by atoms with Gasteiger partial charge in [-0.05, 0) is 60.8 Å². The van der Waals surface area contributed by atoms with Crippen LogP contribution < -0.4 is 9.47 Å². The number of aldehydes is 1. The highest BCUT2D eigenvalue weighted by Gasteiger charge is 2.46. The quantitative estimate of drug-likeness (QED) is 0.218. The monoisotopic (exact) mass is 580 g/mol. The van der Waals surface area contributed by atoms with Gasteiger partial charge >= 0.3 is 0 Å². The van der Waals surface area contributed by atoms with Crippen LogP contribution in [0.4, 0.5) is 0 Å². The lowest BCUT2D eigenvalue weighted by Crippen LogP contribution is -2.47. The van der Waals surface area contributed by atoms with E-state index in [2.05, 4.69) is 33.9 Å². The van der Waals surface area contributed by atoms with Crippen LogP contribution in [-0.2, 0) is 15.8 Å². The fourth-order valence-corrected chi connectivity index (χ4v) is 6.49. The number of Topliss-reactive ketones (excluding diaryl/α,β-unsaturated/α-hetero) is 1. The number of aromatic hydroxyl groups is 2. The van der Waals surface area contributed by atoms with Crippen molar-refractivity contribution in [3.8, 4) is 23.0 Å². The van der Waals surface area contributed by atoms with E-state index in [-0.39, 0.29) is 34.6 Å². The van der Waals surface area contributed by atoms with Gasteiger partial charge in [0.2, 0.25) is 0 Å². The fraction of sp³-hybridized carbons (Fsp3) is 0.438. The number of methoxy groups -OCH3 is 2. The standard InChI is InChI=1S/C32H40O8Si/c1-17-18(2)24-26(28(34)21(17)15-33)30(36)27-25(31(24)38-7)22(39-16-19-10-12-20(37-6)13-11-19)14-23(29(27)35)40-41(8,9)32(3,4)5/h10-13,15,22-23,34,36H,14,16H2,1-9H3/t22-,23-/m0/s1. The van der Waals surface area contributed by atoms with E-state index in [0.717, 1.165) is 11.3 Å². The maximum absolute atomic E-state index is 14.1. The number of fused-ring (bicyclic) bond motifs is 2. The molecular weight excluding hydrogens is 540 g/mol.